The molecule has 4 aliphatic rings. The highest BCUT2D eigenvalue weighted by molar-refractivity contribution is 5.69. The highest BCUT2D eigenvalue weighted by Gasteiger charge is 2.58. The number of ether oxygens (including phenoxy) is 1. The van der Waals surface area contributed by atoms with E-state index in [4.69, 9.17) is 4.74 Å². The summed E-state index contributed by atoms with van der Waals surface area (Å²) < 4.78 is 4.96. The minimum Gasteiger partial charge on any atom is -0.469 e. The van der Waals surface area contributed by atoms with Gasteiger partial charge in [0, 0.05) is 31.6 Å². The number of likely N-dealkylation sites (tertiary alicyclic amines) is 1. The number of esters is 1. The highest BCUT2D eigenvalue weighted by atomic mass is 16.5. The Morgan fingerprint density at radius 2 is 1.69 bits per heavy atom. The Bertz CT molecular complexity index is 770. The lowest BCUT2D eigenvalue weighted by Gasteiger charge is -2.58. The van der Waals surface area contributed by atoms with Crippen molar-refractivity contribution in [2.24, 2.45) is 40.4 Å². The zero-order chi connectivity index (χ0) is 28.0. The molecule has 3 aliphatic carbocycles. The number of rotatable bonds is 12. The predicted molar refractivity (Wildman–Crippen MR) is 163 cm³/mol. The Hall–Kier alpha value is -0.650. The average molecular weight is 546 g/mol. The van der Waals surface area contributed by atoms with Crippen LogP contribution in [0.3, 0.4) is 0 Å². The second-order valence-corrected chi connectivity index (χ2v) is 14.5. The molecule has 0 aromatic rings. The molecule has 0 amide bonds. The summed E-state index contributed by atoms with van der Waals surface area (Å²) in [5, 5.41) is 8.02. The lowest BCUT2D eigenvalue weighted by atomic mass is 9.48. The van der Waals surface area contributed by atoms with Crippen molar-refractivity contribution < 1.29 is 9.53 Å². The minimum atomic E-state index is -0.0457. The van der Waals surface area contributed by atoms with Gasteiger partial charge in [-0.15, -0.1) is 0 Å². The van der Waals surface area contributed by atoms with Crippen LogP contribution in [0.1, 0.15) is 118 Å². The molecule has 226 valence electrons. The van der Waals surface area contributed by atoms with Crippen LogP contribution >= 0.6 is 0 Å². The number of hydrogen-bond donors (Lipinski definition) is 2. The van der Waals surface area contributed by atoms with Crippen molar-refractivity contribution in [3.8, 4) is 0 Å². The summed E-state index contributed by atoms with van der Waals surface area (Å²) in [6, 6.07) is 1.27. The van der Waals surface area contributed by atoms with Crippen LogP contribution in [-0.2, 0) is 9.53 Å². The first-order valence-electron chi connectivity index (χ1n) is 17.0. The fourth-order valence-corrected chi connectivity index (χ4v) is 10.4. The van der Waals surface area contributed by atoms with Crippen LogP contribution < -0.4 is 10.6 Å². The van der Waals surface area contributed by atoms with E-state index in [9.17, 15) is 4.79 Å². The van der Waals surface area contributed by atoms with Crippen molar-refractivity contribution in [3.63, 3.8) is 0 Å². The Labute approximate surface area is 241 Å². The molecule has 0 bridgehead atoms. The van der Waals surface area contributed by atoms with Gasteiger partial charge in [-0.25, -0.2) is 0 Å². The molecular weight excluding hydrogens is 482 g/mol. The summed E-state index contributed by atoms with van der Waals surface area (Å²) in [4.78, 5) is 14.5. The largest absolute Gasteiger partial charge is 0.469 e. The second kappa shape index (κ2) is 14.0. The van der Waals surface area contributed by atoms with E-state index in [0.717, 1.165) is 43.2 Å². The van der Waals surface area contributed by atoms with Gasteiger partial charge in [0.05, 0.1) is 7.11 Å². The van der Waals surface area contributed by atoms with Crippen molar-refractivity contribution in [1.82, 2.24) is 15.5 Å². The minimum absolute atomic E-state index is 0.0457. The van der Waals surface area contributed by atoms with Crippen molar-refractivity contribution in [2.75, 3.05) is 39.8 Å². The molecule has 3 saturated carbocycles. The summed E-state index contributed by atoms with van der Waals surface area (Å²) in [6.07, 6.45) is 16.5. The first kappa shape index (κ1) is 31.3. The molecular formula is C34H63N3O2. The predicted octanol–water partition coefficient (Wildman–Crippen LogP) is 6.66. The molecule has 9 unspecified atom stereocenters. The van der Waals surface area contributed by atoms with Crippen LogP contribution in [0, 0.1) is 40.4 Å². The normalized spacial score (nSPS) is 40.3. The lowest BCUT2D eigenvalue weighted by molar-refractivity contribution is -0.141. The van der Waals surface area contributed by atoms with Crippen LogP contribution in [0.4, 0.5) is 0 Å². The number of fused-ring (bicyclic) bond motifs is 1. The van der Waals surface area contributed by atoms with Crippen molar-refractivity contribution in [3.05, 3.63) is 0 Å². The van der Waals surface area contributed by atoms with Crippen molar-refractivity contribution >= 4 is 5.97 Å². The molecule has 1 aliphatic heterocycles. The number of piperidine rings is 1. The topological polar surface area (TPSA) is 53.6 Å². The van der Waals surface area contributed by atoms with Crippen LogP contribution in [0.5, 0.6) is 0 Å². The number of nitrogens with zero attached hydrogens (tertiary/aromatic N) is 1. The Morgan fingerprint density at radius 3 is 2.38 bits per heavy atom. The molecule has 0 radical (unpaired) electrons. The first-order chi connectivity index (χ1) is 18.8. The van der Waals surface area contributed by atoms with Crippen LogP contribution in [0.2, 0.25) is 0 Å². The standard InChI is InChI=1S/C34H63N3O2/c1-7-27-29-14-13-28(25(3)12-15-32(38)39-6)33(29,4)19-17-30(27)34(5)18-16-26(24-31(34)35-8-2)36-20-23-37-21-10-9-11-22-37/h25-31,35-36H,7-24H2,1-6H3. The second-order valence-electron chi connectivity index (χ2n) is 14.5. The maximum absolute atomic E-state index is 11.8. The van der Waals surface area contributed by atoms with Gasteiger partial charge in [0.15, 0.2) is 0 Å². The number of carbonyl (C=O) groups excluding carboxylic acids is 1. The summed E-state index contributed by atoms with van der Waals surface area (Å²) >= 11 is 0. The SMILES string of the molecule is CCNC1CC(NCCN2CCCCC2)CCC1(C)C1CCC2(C)C(C(C)CCC(=O)OC)CCC2C1CC. The van der Waals surface area contributed by atoms with Gasteiger partial charge < -0.3 is 20.3 Å². The molecule has 2 N–H and O–H groups in total. The van der Waals surface area contributed by atoms with Crippen molar-refractivity contribution in [2.45, 2.75) is 130 Å². The highest BCUT2D eigenvalue weighted by Crippen LogP contribution is 2.65. The zero-order valence-electron chi connectivity index (χ0n) is 26.5. The maximum Gasteiger partial charge on any atom is 0.305 e. The summed E-state index contributed by atoms with van der Waals surface area (Å²) in [5.41, 5.74) is 0.821. The molecule has 1 saturated heterocycles. The van der Waals surface area contributed by atoms with Gasteiger partial charge in [-0.1, -0.05) is 47.5 Å². The fraction of sp³-hybridized carbons (Fsp3) is 0.971. The smallest absolute Gasteiger partial charge is 0.305 e. The van der Waals surface area contributed by atoms with E-state index in [0.29, 0.717) is 35.3 Å². The van der Waals surface area contributed by atoms with Gasteiger partial charge in [0.2, 0.25) is 0 Å². The first-order valence-corrected chi connectivity index (χ1v) is 17.0. The van der Waals surface area contributed by atoms with E-state index in [1.165, 1.54) is 97.4 Å². The van der Waals surface area contributed by atoms with Crippen LogP contribution in [0.15, 0.2) is 0 Å². The Morgan fingerprint density at radius 1 is 0.974 bits per heavy atom. The number of nitrogens with one attached hydrogen (secondary N) is 2. The van der Waals surface area contributed by atoms with E-state index in [2.05, 4.69) is 50.2 Å². The molecule has 39 heavy (non-hydrogen) atoms. The molecule has 5 nitrogen and oxygen atoms in total. The Kier molecular flexibility index (Phi) is 11.2. The van der Waals surface area contributed by atoms with Gasteiger partial charge >= 0.3 is 5.97 Å². The lowest BCUT2D eigenvalue weighted by Crippen LogP contribution is -2.58. The zero-order valence-corrected chi connectivity index (χ0v) is 26.5. The van der Waals surface area contributed by atoms with Gasteiger partial charge in [-0.2, -0.15) is 0 Å². The molecule has 5 heteroatoms. The average Bonchev–Trinajstić information content (AvgIpc) is 3.30. The third-order valence-electron chi connectivity index (χ3n) is 12.7. The summed E-state index contributed by atoms with van der Waals surface area (Å²) in [7, 11) is 1.52. The fourth-order valence-electron chi connectivity index (χ4n) is 10.4. The molecule has 4 fully saturated rings. The van der Waals surface area contributed by atoms with E-state index < -0.39 is 0 Å². The maximum atomic E-state index is 11.8. The molecule has 9 atom stereocenters. The van der Waals surface area contributed by atoms with Gasteiger partial charge in [-0.05, 0) is 124 Å². The molecule has 4 rings (SSSR count). The quantitative estimate of drug-likeness (QED) is 0.269. The summed E-state index contributed by atoms with van der Waals surface area (Å²) in [5.74, 6) is 3.80. The van der Waals surface area contributed by atoms with E-state index >= 15 is 0 Å². The summed E-state index contributed by atoms with van der Waals surface area (Å²) in [6.45, 7) is 18.6. The molecule has 0 aromatic heterocycles. The van der Waals surface area contributed by atoms with Gasteiger partial charge in [-0.3, -0.25) is 4.79 Å². The van der Waals surface area contributed by atoms with Crippen molar-refractivity contribution in [1.29, 1.82) is 0 Å². The van der Waals surface area contributed by atoms with Crippen LogP contribution in [0.25, 0.3) is 0 Å². The van der Waals surface area contributed by atoms with E-state index in [-0.39, 0.29) is 5.97 Å². The molecule has 0 spiro atoms. The third kappa shape index (κ3) is 6.88. The Balaban J connectivity index is 1.39. The number of methoxy groups -OCH3 is 1. The third-order valence-corrected chi connectivity index (χ3v) is 12.7. The number of carbonyl (C=O) groups is 1. The van der Waals surface area contributed by atoms with Crippen LogP contribution in [-0.4, -0.2) is 62.8 Å². The van der Waals surface area contributed by atoms with Gasteiger partial charge in [0.25, 0.3) is 0 Å². The van der Waals surface area contributed by atoms with E-state index in [1.807, 2.05) is 0 Å². The number of hydrogen-bond acceptors (Lipinski definition) is 5. The van der Waals surface area contributed by atoms with Gasteiger partial charge in [0.1, 0.15) is 0 Å². The molecule has 1 heterocycles. The molecule has 0 aromatic carbocycles. The monoisotopic (exact) mass is 545 g/mol. The van der Waals surface area contributed by atoms with E-state index in [1.54, 1.807) is 0 Å².